The van der Waals surface area contributed by atoms with Gasteiger partial charge in [0, 0.05) is 12.5 Å². The normalized spacial score (nSPS) is 11.4. The van der Waals surface area contributed by atoms with Gasteiger partial charge in [-0.15, -0.1) is 0 Å². The van der Waals surface area contributed by atoms with E-state index in [1.54, 1.807) is 19.1 Å². The van der Waals surface area contributed by atoms with Crippen molar-refractivity contribution in [3.8, 4) is 0 Å². The number of carbonyl (C=O) groups is 4. The van der Waals surface area contributed by atoms with Crippen LogP contribution in [0.2, 0.25) is 0 Å². The van der Waals surface area contributed by atoms with Gasteiger partial charge in [-0.25, -0.2) is 0 Å². The predicted molar refractivity (Wildman–Crippen MR) is 75.9 cm³/mol. The minimum atomic E-state index is -1.51. The molecule has 0 spiro atoms. The Morgan fingerprint density at radius 2 is 1.76 bits per heavy atom. The first-order valence-corrected chi connectivity index (χ1v) is 6.46. The Morgan fingerprint density at radius 1 is 1.14 bits per heavy atom. The maximum Gasteiger partial charge on any atom is 0.324 e. The summed E-state index contributed by atoms with van der Waals surface area (Å²) in [5.74, 6) is -4.04. The van der Waals surface area contributed by atoms with Gasteiger partial charge >= 0.3 is 5.97 Å². The van der Waals surface area contributed by atoms with E-state index >= 15 is 0 Å². The van der Waals surface area contributed by atoms with Crippen LogP contribution in [-0.4, -0.2) is 30.0 Å². The number of para-hydroxylation sites is 1. The molecule has 1 amide bonds. The Labute approximate surface area is 122 Å². The molecule has 112 valence electrons. The fourth-order valence-corrected chi connectivity index (χ4v) is 1.84. The Balaban J connectivity index is 3.18. The molecule has 6 nitrogen and oxygen atoms in total. The fraction of sp³-hybridized carbons (Fsp3) is 0.333. The molecule has 0 heterocycles. The van der Waals surface area contributed by atoms with Crippen LogP contribution >= 0.6 is 0 Å². The molecule has 21 heavy (non-hydrogen) atoms. The summed E-state index contributed by atoms with van der Waals surface area (Å²) in [4.78, 5) is 47.0. The summed E-state index contributed by atoms with van der Waals surface area (Å²) >= 11 is 0. The van der Waals surface area contributed by atoms with Crippen molar-refractivity contribution < 1.29 is 23.9 Å². The lowest BCUT2D eigenvalue weighted by Gasteiger charge is -2.14. The zero-order valence-electron chi connectivity index (χ0n) is 12.1. The number of benzene rings is 1. The van der Waals surface area contributed by atoms with Crippen molar-refractivity contribution in [1.29, 1.82) is 0 Å². The standard InChI is InChI=1S/C15H17NO5/c1-4-21-15(20)13(9(2)17)14(19)11-7-5-6-8-12(11)16-10(3)18/h5-8,13H,4H2,1-3H3,(H,16,18)/t13-/m1/s1. The van der Waals surface area contributed by atoms with Crippen LogP contribution in [0.15, 0.2) is 24.3 Å². The molecule has 0 aliphatic rings. The zero-order valence-corrected chi connectivity index (χ0v) is 12.1. The van der Waals surface area contributed by atoms with Gasteiger partial charge in [0.1, 0.15) is 0 Å². The summed E-state index contributed by atoms with van der Waals surface area (Å²) in [6, 6.07) is 6.19. The van der Waals surface area contributed by atoms with Crippen LogP contribution in [0.1, 0.15) is 31.1 Å². The lowest BCUT2D eigenvalue weighted by molar-refractivity contribution is -0.148. The molecule has 0 aromatic heterocycles. The number of anilines is 1. The van der Waals surface area contributed by atoms with Crippen LogP contribution in [0.3, 0.4) is 0 Å². The van der Waals surface area contributed by atoms with E-state index in [1.165, 1.54) is 19.1 Å². The number of ketones is 2. The Hall–Kier alpha value is -2.50. The van der Waals surface area contributed by atoms with Crippen LogP contribution in [-0.2, 0) is 19.1 Å². The second-order valence-corrected chi connectivity index (χ2v) is 4.39. The highest BCUT2D eigenvalue weighted by Gasteiger charge is 2.34. The van der Waals surface area contributed by atoms with Crippen molar-refractivity contribution in [2.45, 2.75) is 20.8 Å². The van der Waals surface area contributed by atoms with Crippen LogP contribution in [0.5, 0.6) is 0 Å². The molecule has 0 saturated carbocycles. The van der Waals surface area contributed by atoms with Crippen molar-refractivity contribution in [2.75, 3.05) is 11.9 Å². The van der Waals surface area contributed by atoms with Crippen LogP contribution in [0.4, 0.5) is 5.69 Å². The summed E-state index contributed by atoms with van der Waals surface area (Å²) in [7, 11) is 0. The number of carbonyl (C=O) groups excluding carboxylic acids is 4. The van der Waals surface area contributed by atoms with Crippen LogP contribution in [0.25, 0.3) is 0 Å². The SMILES string of the molecule is CCOC(=O)[C@H](C(C)=O)C(=O)c1ccccc1NC(C)=O. The lowest BCUT2D eigenvalue weighted by atomic mass is 9.93. The van der Waals surface area contributed by atoms with Gasteiger partial charge < -0.3 is 10.1 Å². The number of ether oxygens (including phenoxy) is 1. The van der Waals surface area contributed by atoms with Gasteiger partial charge in [-0.1, -0.05) is 12.1 Å². The van der Waals surface area contributed by atoms with Crippen molar-refractivity contribution in [1.82, 2.24) is 0 Å². The van der Waals surface area contributed by atoms with E-state index in [2.05, 4.69) is 5.32 Å². The number of hydrogen-bond donors (Lipinski definition) is 1. The average Bonchev–Trinajstić information content (AvgIpc) is 2.38. The third-order valence-electron chi connectivity index (χ3n) is 2.69. The van der Waals surface area contributed by atoms with Crippen molar-refractivity contribution in [2.24, 2.45) is 5.92 Å². The van der Waals surface area contributed by atoms with Gasteiger partial charge in [-0.3, -0.25) is 19.2 Å². The maximum absolute atomic E-state index is 12.4. The molecule has 1 aromatic carbocycles. The van der Waals surface area contributed by atoms with Crippen molar-refractivity contribution in [3.05, 3.63) is 29.8 Å². The molecule has 0 bridgehead atoms. The number of amides is 1. The van der Waals surface area contributed by atoms with E-state index in [0.717, 1.165) is 6.92 Å². The fourth-order valence-electron chi connectivity index (χ4n) is 1.84. The van der Waals surface area contributed by atoms with Gasteiger partial charge in [0.15, 0.2) is 17.5 Å². The predicted octanol–water partition coefficient (Wildman–Crippen LogP) is 1.60. The van der Waals surface area contributed by atoms with Crippen LogP contribution in [0, 0.1) is 5.92 Å². The first-order chi connectivity index (χ1) is 9.88. The second-order valence-electron chi connectivity index (χ2n) is 4.39. The van der Waals surface area contributed by atoms with E-state index in [0.29, 0.717) is 0 Å². The molecule has 0 fully saturated rings. The first kappa shape index (κ1) is 16.6. The van der Waals surface area contributed by atoms with Crippen molar-refractivity contribution >= 4 is 29.1 Å². The van der Waals surface area contributed by atoms with Gasteiger partial charge in [-0.2, -0.15) is 0 Å². The van der Waals surface area contributed by atoms with E-state index < -0.39 is 23.5 Å². The highest BCUT2D eigenvalue weighted by molar-refractivity contribution is 6.23. The van der Waals surface area contributed by atoms with Crippen LogP contribution < -0.4 is 5.32 Å². The molecule has 0 saturated heterocycles. The van der Waals surface area contributed by atoms with Gasteiger partial charge in [0.25, 0.3) is 0 Å². The molecule has 6 heteroatoms. The minimum absolute atomic E-state index is 0.0727. The number of nitrogens with one attached hydrogen (secondary N) is 1. The quantitative estimate of drug-likeness (QED) is 0.488. The monoisotopic (exact) mass is 291 g/mol. The molecular weight excluding hydrogens is 274 g/mol. The molecule has 0 unspecified atom stereocenters. The molecule has 0 radical (unpaired) electrons. The third kappa shape index (κ3) is 4.24. The Bertz CT molecular complexity index is 579. The van der Waals surface area contributed by atoms with E-state index in [4.69, 9.17) is 4.74 Å². The average molecular weight is 291 g/mol. The Morgan fingerprint density at radius 3 is 2.29 bits per heavy atom. The van der Waals surface area contributed by atoms with Gasteiger partial charge in [0.05, 0.1) is 12.3 Å². The summed E-state index contributed by atoms with van der Waals surface area (Å²) in [6.45, 7) is 4.11. The van der Waals surface area contributed by atoms with Gasteiger partial charge in [-0.05, 0) is 26.0 Å². The molecule has 1 aromatic rings. The minimum Gasteiger partial charge on any atom is -0.465 e. The molecule has 1 atom stereocenters. The molecule has 0 aliphatic heterocycles. The smallest absolute Gasteiger partial charge is 0.324 e. The highest BCUT2D eigenvalue weighted by Crippen LogP contribution is 2.20. The number of Topliss-reactive ketones (excluding diaryl/α,β-unsaturated/α-hetero) is 2. The van der Waals surface area contributed by atoms with E-state index in [9.17, 15) is 19.2 Å². The molecule has 1 rings (SSSR count). The number of hydrogen-bond acceptors (Lipinski definition) is 5. The number of esters is 1. The summed E-state index contributed by atoms with van der Waals surface area (Å²) in [6.07, 6.45) is 0. The third-order valence-corrected chi connectivity index (χ3v) is 2.69. The number of rotatable bonds is 6. The molecular formula is C15H17NO5. The summed E-state index contributed by atoms with van der Waals surface area (Å²) < 4.78 is 4.76. The largest absolute Gasteiger partial charge is 0.465 e. The lowest BCUT2D eigenvalue weighted by Crippen LogP contribution is -2.32. The van der Waals surface area contributed by atoms with Gasteiger partial charge in [0.2, 0.25) is 5.91 Å². The zero-order chi connectivity index (χ0) is 16.0. The van der Waals surface area contributed by atoms with E-state index in [1.807, 2.05) is 0 Å². The topological polar surface area (TPSA) is 89.5 Å². The first-order valence-electron chi connectivity index (χ1n) is 6.46. The maximum atomic E-state index is 12.4. The Kier molecular flexibility index (Phi) is 5.78. The molecule has 1 N–H and O–H groups in total. The molecule has 0 aliphatic carbocycles. The van der Waals surface area contributed by atoms with E-state index in [-0.39, 0.29) is 23.8 Å². The van der Waals surface area contributed by atoms with Crippen molar-refractivity contribution in [3.63, 3.8) is 0 Å². The second kappa shape index (κ2) is 7.33. The highest BCUT2D eigenvalue weighted by atomic mass is 16.5. The summed E-state index contributed by atoms with van der Waals surface area (Å²) in [5.41, 5.74) is 0.353. The summed E-state index contributed by atoms with van der Waals surface area (Å²) in [5, 5.41) is 2.50.